The molecule has 5 heteroatoms. The first-order valence-corrected chi connectivity index (χ1v) is 7.32. The third kappa shape index (κ3) is 3.32. The number of amides is 1. The average Bonchev–Trinajstić information content (AvgIpc) is 2.48. The minimum Gasteiger partial charge on any atom is -0.324 e. The Morgan fingerprint density at radius 2 is 1.91 bits per heavy atom. The lowest BCUT2D eigenvalue weighted by Crippen LogP contribution is -2.31. The summed E-state index contributed by atoms with van der Waals surface area (Å²) in [7, 11) is 0. The van der Waals surface area contributed by atoms with Crippen LogP contribution in [0.25, 0.3) is 0 Å². The Labute approximate surface area is 135 Å². The van der Waals surface area contributed by atoms with Gasteiger partial charge in [-0.05, 0) is 56.5 Å². The van der Waals surface area contributed by atoms with Crippen LogP contribution >= 0.6 is 0 Å². The summed E-state index contributed by atoms with van der Waals surface area (Å²) in [6, 6.07) is 9.31. The molecule has 0 saturated carbocycles. The van der Waals surface area contributed by atoms with E-state index in [0.29, 0.717) is 11.3 Å². The van der Waals surface area contributed by atoms with Crippen LogP contribution in [0.2, 0.25) is 0 Å². The first kappa shape index (κ1) is 16.5. The van der Waals surface area contributed by atoms with E-state index in [1.807, 2.05) is 38.1 Å². The van der Waals surface area contributed by atoms with Crippen LogP contribution in [0.3, 0.4) is 0 Å². The average molecular weight is 309 g/mol. The molecule has 0 aliphatic carbocycles. The highest BCUT2D eigenvalue weighted by Crippen LogP contribution is 2.18. The van der Waals surface area contributed by atoms with E-state index in [-0.39, 0.29) is 18.0 Å². The Bertz CT molecular complexity index is 873. The molecule has 23 heavy (non-hydrogen) atoms. The summed E-state index contributed by atoms with van der Waals surface area (Å²) < 4.78 is 1.33. The van der Waals surface area contributed by atoms with Crippen molar-refractivity contribution in [1.29, 1.82) is 5.26 Å². The summed E-state index contributed by atoms with van der Waals surface area (Å²) in [5, 5.41) is 11.9. The number of nitriles is 1. The van der Waals surface area contributed by atoms with Crippen molar-refractivity contribution < 1.29 is 4.79 Å². The van der Waals surface area contributed by atoms with Crippen LogP contribution in [0.1, 0.15) is 27.9 Å². The highest BCUT2D eigenvalue weighted by atomic mass is 16.2. The van der Waals surface area contributed by atoms with Gasteiger partial charge in [-0.1, -0.05) is 12.1 Å². The molecule has 2 rings (SSSR count). The molecule has 0 aliphatic heterocycles. The van der Waals surface area contributed by atoms with E-state index in [1.54, 1.807) is 19.9 Å². The molecule has 0 aliphatic rings. The van der Waals surface area contributed by atoms with Gasteiger partial charge in [0.25, 0.3) is 5.56 Å². The van der Waals surface area contributed by atoms with Crippen LogP contribution in [0, 0.1) is 39.0 Å². The predicted octanol–water partition coefficient (Wildman–Crippen LogP) is 2.59. The standard InChI is InChI=1S/C18H19N3O2/c1-11-6-5-7-16(14(11)4)20-17(22)10-21-13(3)8-12(2)15(9-19)18(21)23/h5-8H,10H2,1-4H3,(H,20,22). The summed E-state index contributed by atoms with van der Waals surface area (Å²) >= 11 is 0. The predicted molar refractivity (Wildman–Crippen MR) is 89.4 cm³/mol. The quantitative estimate of drug-likeness (QED) is 0.947. The number of aromatic nitrogens is 1. The number of carbonyl (C=O) groups excluding carboxylic acids is 1. The molecular formula is C18H19N3O2. The van der Waals surface area contributed by atoms with Crippen molar-refractivity contribution in [2.24, 2.45) is 0 Å². The topological polar surface area (TPSA) is 74.9 Å². The third-order valence-corrected chi connectivity index (χ3v) is 4.00. The second-order valence-corrected chi connectivity index (χ2v) is 5.64. The Morgan fingerprint density at radius 3 is 2.57 bits per heavy atom. The van der Waals surface area contributed by atoms with E-state index >= 15 is 0 Å². The maximum atomic E-state index is 12.3. The summed E-state index contributed by atoms with van der Waals surface area (Å²) in [6.45, 7) is 7.25. The molecular weight excluding hydrogens is 290 g/mol. The van der Waals surface area contributed by atoms with Gasteiger partial charge >= 0.3 is 0 Å². The second kappa shape index (κ2) is 6.49. The fourth-order valence-electron chi connectivity index (χ4n) is 2.48. The van der Waals surface area contributed by atoms with E-state index in [2.05, 4.69) is 5.32 Å². The number of carbonyl (C=O) groups is 1. The van der Waals surface area contributed by atoms with Gasteiger partial charge in [-0.2, -0.15) is 5.26 Å². The molecule has 0 unspecified atom stereocenters. The minimum atomic E-state index is -0.430. The molecule has 1 heterocycles. The lowest BCUT2D eigenvalue weighted by molar-refractivity contribution is -0.116. The van der Waals surface area contributed by atoms with Crippen molar-refractivity contribution in [3.05, 3.63) is 62.6 Å². The van der Waals surface area contributed by atoms with Crippen molar-refractivity contribution in [2.75, 3.05) is 5.32 Å². The lowest BCUT2D eigenvalue weighted by Gasteiger charge is -2.14. The van der Waals surface area contributed by atoms with Crippen LogP contribution in [-0.2, 0) is 11.3 Å². The Hall–Kier alpha value is -2.87. The number of pyridine rings is 1. The zero-order valence-corrected chi connectivity index (χ0v) is 13.7. The Morgan fingerprint density at radius 1 is 1.22 bits per heavy atom. The monoisotopic (exact) mass is 309 g/mol. The van der Waals surface area contributed by atoms with Crippen molar-refractivity contribution >= 4 is 11.6 Å². The van der Waals surface area contributed by atoms with Gasteiger partial charge in [0.05, 0.1) is 0 Å². The van der Waals surface area contributed by atoms with Crippen molar-refractivity contribution in [1.82, 2.24) is 4.57 Å². The van der Waals surface area contributed by atoms with Gasteiger partial charge in [-0.25, -0.2) is 0 Å². The molecule has 1 N–H and O–H groups in total. The minimum absolute atomic E-state index is 0.0788. The van der Waals surface area contributed by atoms with Crippen LogP contribution in [0.4, 0.5) is 5.69 Å². The molecule has 0 saturated heterocycles. The zero-order valence-electron chi connectivity index (χ0n) is 13.7. The number of aryl methyl sites for hydroxylation is 3. The van der Waals surface area contributed by atoms with Crippen LogP contribution in [0.15, 0.2) is 29.1 Å². The van der Waals surface area contributed by atoms with Crippen molar-refractivity contribution in [3.8, 4) is 6.07 Å². The van der Waals surface area contributed by atoms with Gasteiger partial charge in [-0.3, -0.25) is 9.59 Å². The van der Waals surface area contributed by atoms with Gasteiger partial charge in [0, 0.05) is 11.4 Å². The van der Waals surface area contributed by atoms with E-state index in [4.69, 9.17) is 5.26 Å². The van der Waals surface area contributed by atoms with E-state index in [1.165, 1.54) is 4.57 Å². The number of benzene rings is 1. The number of nitrogens with zero attached hydrogens (tertiary/aromatic N) is 2. The largest absolute Gasteiger partial charge is 0.324 e. The summed E-state index contributed by atoms with van der Waals surface area (Å²) in [5.74, 6) is -0.295. The molecule has 0 fully saturated rings. The number of rotatable bonds is 3. The molecule has 1 amide bonds. The normalized spacial score (nSPS) is 10.2. The molecule has 0 radical (unpaired) electrons. The Kier molecular flexibility index (Phi) is 4.65. The number of nitrogens with one attached hydrogen (secondary N) is 1. The number of anilines is 1. The smallest absolute Gasteiger partial charge is 0.269 e. The first-order valence-electron chi connectivity index (χ1n) is 7.32. The summed E-state index contributed by atoms with van der Waals surface area (Å²) in [4.78, 5) is 24.6. The van der Waals surface area contributed by atoms with E-state index in [9.17, 15) is 9.59 Å². The molecule has 1 aromatic heterocycles. The van der Waals surface area contributed by atoms with Gasteiger partial charge in [0.2, 0.25) is 5.91 Å². The van der Waals surface area contributed by atoms with E-state index < -0.39 is 5.56 Å². The Balaban J connectivity index is 2.30. The molecule has 118 valence electrons. The maximum Gasteiger partial charge on any atom is 0.269 e. The molecule has 1 aromatic carbocycles. The number of hydrogen-bond acceptors (Lipinski definition) is 3. The SMILES string of the molecule is Cc1cccc(NC(=O)Cn2c(C)cc(C)c(C#N)c2=O)c1C. The summed E-state index contributed by atoms with van der Waals surface area (Å²) in [6.07, 6.45) is 0. The third-order valence-electron chi connectivity index (χ3n) is 4.00. The number of hydrogen-bond donors (Lipinski definition) is 1. The second-order valence-electron chi connectivity index (χ2n) is 5.64. The zero-order chi connectivity index (χ0) is 17.1. The lowest BCUT2D eigenvalue weighted by atomic mass is 10.1. The highest BCUT2D eigenvalue weighted by Gasteiger charge is 2.13. The van der Waals surface area contributed by atoms with Gasteiger partial charge in [-0.15, -0.1) is 0 Å². The molecule has 0 spiro atoms. The fourth-order valence-corrected chi connectivity index (χ4v) is 2.48. The van der Waals surface area contributed by atoms with Gasteiger partial charge in [0.1, 0.15) is 18.2 Å². The molecule has 5 nitrogen and oxygen atoms in total. The summed E-state index contributed by atoms with van der Waals surface area (Å²) in [5.41, 5.74) is 3.73. The van der Waals surface area contributed by atoms with Gasteiger partial charge in [0.15, 0.2) is 0 Å². The van der Waals surface area contributed by atoms with Crippen LogP contribution < -0.4 is 10.9 Å². The highest BCUT2D eigenvalue weighted by molar-refractivity contribution is 5.91. The van der Waals surface area contributed by atoms with Crippen molar-refractivity contribution in [2.45, 2.75) is 34.2 Å². The van der Waals surface area contributed by atoms with Crippen molar-refractivity contribution in [3.63, 3.8) is 0 Å². The van der Waals surface area contributed by atoms with Gasteiger partial charge < -0.3 is 9.88 Å². The molecule has 0 atom stereocenters. The van der Waals surface area contributed by atoms with E-state index in [0.717, 1.165) is 16.8 Å². The first-order chi connectivity index (χ1) is 10.8. The fraction of sp³-hybridized carbons (Fsp3) is 0.278. The van der Waals surface area contributed by atoms with Crippen LogP contribution in [-0.4, -0.2) is 10.5 Å². The molecule has 0 bridgehead atoms. The maximum absolute atomic E-state index is 12.3. The molecule has 2 aromatic rings. The van der Waals surface area contributed by atoms with Crippen LogP contribution in [0.5, 0.6) is 0 Å².